The van der Waals surface area contributed by atoms with Crippen LogP contribution in [0.4, 0.5) is 4.79 Å². The molecule has 5 heteroatoms. The highest BCUT2D eigenvalue weighted by molar-refractivity contribution is 5.68. The van der Waals surface area contributed by atoms with Crippen molar-refractivity contribution in [3.63, 3.8) is 0 Å². The number of amides is 1. The van der Waals surface area contributed by atoms with Gasteiger partial charge in [-0.3, -0.25) is 0 Å². The molecule has 2 atom stereocenters. The Hall–Kier alpha value is -0.810. The van der Waals surface area contributed by atoms with Gasteiger partial charge in [0.05, 0.1) is 13.2 Å². The molecular weight excluding hydrogens is 304 g/mol. The summed E-state index contributed by atoms with van der Waals surface area (Å²) in [7, 11) is 0. The van der Waals surface area contributed by atoms with E-state index in [9.17, 15) is 4.79 Å². The summed E-state index contributed by atoms with van der Waals surface area (Å²) in [6, 6.07) is 0.363. The molecule has 2 aliphatic heterocycles. The first-order valence-corrected chi connectivity index (χ1v) is 9.73. The molecule has 1 spiro atoms. The van der Waals surface area contributed by atoms with Crippen LogP contribution in [0.3, 0.4) is 0 Å². The maximum Gasteiger partial charge on any atom is 0.410 e. The number of carbonyl (C=O) groups is 1. The molecule has 2 unspecified atom stereocenters. The molecule has 2 saturated heterocycles. The van der Waals surface area contributed by atoms with Crippen LogP contribution < -0.4 is 5.32 Å². The van der Waals surface area contributed by atoms with Crippen LogP contribution in [0, 0.1) is 5.92 Å². The number of nitrogens with one attached hydrogen (secondary N) is 1. The Labute approximate surface area is 146 Å². The third-order valence-corrected chi connectivity index (χ3v) is 5.73. The molecule has 1 saturated carbocycles. The highest BCUT2D eigenvalue weighted by atomic mass is 16.6. The molecule has 24 heavy (non-hydrogen) atoms. The number of morpholine rings is 1. The molecular formula is C19H34N2O3. The molecule has 138 valence electrons. The van der Waals surface area contributed by atoms with E-state index >= 15 is 0 Å². The van der Waals surface area contributed by atoms with Crippen molar-refractivity contribution in [2.75, 3.05) is 26.2 Å². The Balaban J connectivity index is 1.62. The number of carbonyl (C=O) groups excluding carboxylic acids is 1. The van der Waals surface area contributed by atoms with Crippen molar-refractivity contribution in [3.05, 3.63) is 0 Å². The number of rotatable bonds is 2. The Morgan fingerprint density at radius 1 is 1.29 bits per heavy atom. The molecule has 0 aromatic rings. The fourth-order valence-electron chi connectivity index (χ4n) is 4.52. The summed E-state index contributed by atoms with van der Waals surface area (Å²) in [5.74, 6) is 0.811. The summed E-state index contributed by atoms with van der Waals surface area (Å²) in [6.07, 6.45) is 8.73. The molecule has 0 radical (unpaired) electrons. The van der Waals surface area contributed by atoms with E-state index in [0.29, 0.717) is 12.6 Å². The van der Waals surface area contributed by atoms with E-state index in [2.05, 4.69) is 5.32 Å². The van der Waals surface area contributed by atoms with Gasteiger partial charge in [-0.25, -0.2) is 4.79 Å². The first-order chi connectivity index (χ1) is 11.4. The van der Waals surface area contributed by atoms with Gasteiger partial charge in [0.15, 0.2) is 0 Å². The number of ether oxygens (including phenoxy) is 2. The fourth-order valence-corrected chi connectivity index (χ4v) is 4.52. The molecule has 5 nitrogen and oxygen atoms in total. The van der Waals surface area contributed by atoms with Crippen LogP contribution in [-0.4, -0.2) is 54.5 Å². The Kier molecular flexibility index (Phi) is 5.40. The third kappa shape index (κ3) is 4.23. The van der Waals surface area contributed by atoms with Gasteiger partial charge in [-0.05, 0) is 39.5 Å². The predicted molar refractivity (Wildman–Crippen MR) is 94.1 cm³/mol. The quantitative estimate of drug-likeness (QED) is 0.839. The molecule has 2 heterocycles. The van der Waals surface area contributed by atoms with Gasteiger partial charge >= 0.3 is 6.09 Å². The number of nitrogens with zero attached hydrogens (tertiary/aromatic N) is 1. The molecule has 1 N–H and O–H groups in total. The fraction of sp³-hybridized carbons (Fsp3) is 0.947. The second-order valence-electron chi connectivity index (χ2n) is 8.81. The van der Waals surface area contributed by atoms with E-state index in [4.69, 9.17) is 9.47 Å². The standard InChI is InChI=1S/C19H34N2O3/c1-18(2,3)24-17(22)21-11-9-19(14-21)16(20-10-12-23-19)13-15-7-5-4-6-8-15/h15-16,20H,4-14H2,1-3H3. The lowest BCUT2D eigenvalue weighted by atomic mass is 9.79. The van der Waals surface area contributed by atoms with Crippen LogP contribution in [-0.2, 0) is 9.47 Å². The minimum Gasteiger partial charge on any atom is -0.444 e. The summed E-state index contributed by atoms with van der Waals surface area (Å²) in [5.41, 5.74) is -0.660. The summed E-state index contributed by atoms with van der Waals surface area (Å²) in [6.45, 7) is 8.81. The maximum atomic E-state index is 12.4. The lowest BCUT2D eigenvalue weighted by molar-refractivity contribution is -0.0943. The monoisotopic (exact) mass is 338 g/mol. The molecule has 0 bridgehead atoms. The third-order valence-electron chi connectivity index (χ3n) is 5.73. The summed E-state index contributed by atoms with van der Waals surface area (Å²) in [4.78, 5) is 14.3. The summed E-state index contributed by atoms with van der Waals surface area (Å²) in [5, 5.41) is 3.70. The van der Waals surface area contributed by atoms with Crippen molar-refractivity contribution in [3.8, 4) is 0 Å². The van der Waals surface area contributed by atoms with Crippen LogP contribution in [0.25, 0.3) is 0 Å². The van der Waals surface area contributed by atoms with Gasteiger partial charge in [0, 0.05) is 19.1 Å². The van der Waals surface area contributed by atoms with Gasteiger partial charge in [-0.1, -0.05) is 32.1 Å². The van der Waals surface area contributed by atoms with E-state index in [1.54, 1.807) is 0 Å². The summed E-state index contributed by atoms with van der Waals surface area (Å²) < 4.78 is 11.8. The molecule has 3 aliphatic rings. The molecule has 0 aromatic heterocycles. The summed E-state index contributed by atoms with van der Waals surface area (Å²) >= 11 is 0. The second-order valence-corrected chi connectivity index (χ2v) is 8.81. The minimum atomic E-state index is -0.444. The SMILES string of the molecule is CC(C)(C)OC(=O)N1CCC2(C1)OCCNC2CC1CCCCC1. The number of hydrogen-bond acceptors (Lipinski definition) is 4. The topological polar surface area (TPSA) is 50.8 Å². The van der Waals surface area contributed by atoms with Crippen LogP contribution in [0.15, 0.2) is 0 Å². The molecule has 3 rings (SSSR count). The predicted octanol–water partition coefficient (Wildman–Crippen LogP) is 3.32. The number of hydrogen-bond donors (Lipinski definition) is 1. The second kappa shape index (κ2) is 7.20. The van der Waals surface area contributed by atoms with Crippen LogP contribution in [0.1, 0.15) is 65.7 Å². The highest BCUT2D eigenvalue weighted by Crippen LogP contribution is 2.37. The average Bonchev–Trinajstić information content (AvgIpc) is 2.94. The van der Waals surface area contributed by atoms with Gasteiger partial charge < -0.3 is 19.7 Å². The van der Waals surface area contributed by atoms with Crippen LogP contribution in [0.2, 0.25) is 0 Å². The maximum absolute atomic E-state index is 12.4. The van der Waals surface area contributed by atoms with Gasteiger partial charge in [-0.2, -0.15) is 0 Å². The van der Waals surface area contributed by atoms with Gasteiger partial charge in [0.1, 0.15) is 11.2 Å². The van der Waals surface area contributed by atoms with Crippen molar-refractivity contribution in [1.29, 1.82) is 0 Å². The van der Waals surface area contributed by atoms with Crippen LogP contribution in [0.5, 0.6) is 0 Å². The zero-order chi connectivity index (χ0) is 17.2. The smallest absolute Gasteiger partial charge is 0.410 e. The Bertz CT molecular complexity index is 442. The lowest BCUT2D eigenvalue weighted by Gasteiger charge is -2.43. The average molecular weight is 338 g/mol. The largest absolute Gasteiger partial charge is 0.444 e. The first-order valence-electron chi connectivity index (χ1n) is 9.73. The van der Waals surface area contributed by atoms with E-state index < -0.39 is 5.60 Å². The zero-order valence-electron chi connectivity index (χ0n) is 15.6. The highest BCUT2D eigenvalue weighted by Gasteiger charge is 2.49. The van der Waals surface area contributed by atoms with Crippen LogP contribution >= 0.6 is 0 Å². The zero-order valence-corrected chi connectivity index (χ0v) is 15.6. The molecule has 3 fully saturated rings. The first kappa shape index (κ1) is 18.0. The van der Waals surface area contributed by atoms with Gasteiger partial charge in [0.2, 0.25) is 0 Å². The van der Waals surface area contributed by atoms with Gasteiger partial charge in [0.25, 0.3) is 0 Å². The van der Waals surface area contributed by atoms with Crippen molar-refractivity contribution < 1.29 is 14.3 Å². The van der Waals surface area contributed by atoms with Crippen molar-refractivity contribution in [2.24, 2.45) is 5.92 Å². The Morgan fingerprint density at radius 2 is 2.04 bits per heavy atom. The molecule has 1 amide bonds. The van der Waals surface area contributed by atoms with Gasteiger partial charge in [-0.15, -0.1) is 0 Å². The van der Waals surface area contributed by atoms with E-state index in [-0.39, 0.29) is 11.7 Å². The van der Waals surface area contributed by atoms with Crippen molar-refractivity contribution in [2.45, 2.75) is 83.0 Å². The van der Waals surface area contributed by atoms with E-state index in [1.807, 2.05) is 25.7 Å². The van der Waals surface area contributed by atoms with E-state index in [0.717, 1.165) is 32.0 Å². The van der Waals surface area contributed by atoms with Crippen molar-refractivity contribution in [1.82, 2.24) is 10.2 Å². The van der Waals surface area contributed by atoms with Crippen molar-refractivity contribution >= 4 is 6.09 Å². The lowest BCUT2D eigenvalue weighted by Crippen LogP contribution is -2.60. The Morgan fingerprint density at radius 3 is 2.75 bits per heavy atom. The normalized spacial score (nSPS) is 32.3. The van der Waals surface area contributed by atoms with E-state index in [1.165, 1.54) is 38.5 Å². The molecule has 1 aliphatic carbocycles. The minimum absolute atomic E-state index is 0.204. The number of likely N-dealkylation sites (tertiary alicyclic amines) is 1. The molecule has 0 aromatic carbocycles.